The molecular formula is C24H30N4O2. The summed E-state index contributed by atoms with van der Waals surface area (Å²) in [6.07, 6.45) is 8.27. The summed E-state index contributed by atoms with van der Waals surface area (Å²) < 4.78 is 0. The van der Waals surface area contributed by atoms with Crippen molar-refractivity contribution in [3.63, 3.8) is 0 Å². The molecule has 6 nitrogen and oxygen atoms in total. The molecule has 0 aliphatic carbocycles. The Hall–Kier alpha value is -2.88. The first kappa shape index (κ1) is 21.8. The van der Waals surface area contributed by atoms with Crippen LogP contribution in [0.5, 0.6) is 0 Å². The van der Waals surface area contributed by atoms with Gasteiger partial charge in [0.25, 0.3) is 0 Å². The highest BCUT2D eigenvalue weighted by Crippen LogP contribution is 2.23. The second-order valence-corrected chi connectivity index (χ2v) is 8.34. The summed E-state index contributed by atoms with van der Waals surface area (Å²) in [5.41, 5.74) is 6.66. The number of fused-ring (bicyclic) bond motifs is 1. The fourth-order valence-electron chi connectivity index (χ4n) is 3.54. The lowest BCUT2D eigenvalue weighted by Gasteiger charge is -2.21. The molecule has 4 N–H and O–H groups in total. The highest BCUT2D eigenvalue weighted by Gasteiger charge is 2.41. The SMILES string of the molecule is C#CCCC1(CCC(=O)N[C@@H](CC(C)C)C(=O)Nc2ccc3ccccc3c2)NN1. The molecule has 1 saturated heterocycles. The standard InChI is InChI=1S/C24H30N4O2/c1-4-5-13-24(27-28-24)14-12-22(29)26-21(15-17(2)3)23(30)25-20-11-10-18-8-6-7-9-19(18)16-20/h1,6-11,16-17,21,27-28H,5,12-15H2,2-3H3,(H,25,30)(H,26,29)/t21-/m0/s1. The van der Waals surface area contributed by atoms with Gasteiger partial charge in [0.1, 0.15) is 6.04 Å². The summed E-state index contributed by atoms with van der Waals surface area (Å²) in [5, 5.41) is 8.04. The molecule has 158 valence electrons. The molecule has 30 heavy (non-hydrogen) atoms. The van der Waals surface area contributed by atoms with Crippen molar-refractivity contribution < 1.29 is 9.59 Å². The second-order valence-electron chi connectivity index (χ2n) is 8.34. The Bertz CT molecular complexity index is 944. The molecule has 0 bridgehead atoms. The van der Waals surface area contributed by atoms with Crippen molar-refractivity contribution in [2.75, 3.05) is 5.32 Å². The van der Waals surface area contributed by atoms with Crippen molar-refractivity contribution in [3.8, 4) is 12.3 Å². The number of terminal acetylenes is 1. The molecule has 1 heterocycles. The van der Waals surface area contributed by atoms with Crippen LogP contribution in [0.2, 0.25) is 0 Å². The molecule has 1 atom stereocenters. The van der Waals surface area contributed by atoms with E-state index in [9.17, 15) is 9.59 Å². The highest BCUT2D eigenvalue weighted by molar-refractivity contribution is 5.99. The molecule has 0 aromatic heterocycles. The van der Waals surface area contributed by atoms with Crippen molar-refractivity contribution in [2.24, 2.45) is 5.92 Å². The summed E-state index contributed by atoms with van der Waals surface area (Å²) >= 11 is 0. The predicted octanol–water partition coefficient (Wildman–Crippen LogP) is 3.31. The van der Waals surface area contributed by atoms with Crippen LogP contribution < -0.4 is 21.5 Å². The van der Waals surface area contributed by atoms with E-state index in [0.717, 1.165) is 22.9 Å². The van der Waals surface area contributed by atoms with Crippen molar-refractivity contribution in [1.82, 2.24) is 16.2 Å². The van der Waals surface area contributed by atoms with Crippen LogP contribution in [0.4, 0.5) is 5.69 Å². The lowest BCUT2D eigenvalue weighted by molar-refractivity contribution is -0.127. The topological polar surface area (TPSA) is 102 Å². The highest BCUT2D eigenvalue weighted by atomic mass is 16.2. The van der Waals surface area contributed by atoms with Crippen LogP contribution in [0.15, 0.2) is 42.5 Å². The number of nitrogens with one attached hydrogen (secondary N) is 4. The number of carbonyl (C=O) groups excluding carboxylic acids is 2. The normalized spacial score (nSPS) is 15.4. The monoisotopic (exact) mass is 406 g/mol. The smallest absolute Gasteiger partial charge is 0.246 e. The molecule has 0 saturated carbocycles. The molecule has 2 aromatic rings. The van der Waals surface area contributed by atoms with Gasteiger partial charge in [-0.25, -0.2) is 10.9 Å². The van der Waals surface area contributed by atoms with Gasteiger partial charge in [-0.2, -0.15) is 0 Å². The molecule has 2 amide bonds. The minimum absolute atomic E-state index is 0.134. The van der Waals surface area contributed by atoms with E-state index in [4.69, 9.17) is 6.42 Å². The van der Waals surface area contributed by atoms with Gasteiger partial charge in [0.15, 0.2) is 0 Å². The van der Waals surface area contributed by atoms with E-state index in [1.807, 2.05) is 56.3 Å². The van der Waals surface area contributed by atoms with Gasteiger partial charge in [0, 0.05) is 18.5 Å². The van der Waals surface area contributed by atoms with Gasteiger partial charge in [-0.1, -0.05) is 44.2 Å². The van der Waals surface area contributed by atoms with E-state index in [1.54, 1.807) is 0 Å². The van der Waals surface area contributed by atoms with E-state index in [0.29, 0.717) is 25.7 Å². The molecule has 6 heteroatoms. The lowest BCUT2D eigenvalue weighted by atomic mass is 10.0. The zero-order valence-electron chi connectivity index (χ0n) is 17.6. The first-order valence-corrected chi connectivity index (χ1v) is 10.5. The Labute approximate surface area is 178 Å². The number of anilines is 1. The molecule has 0 unspecified atom stereocenters. The molecule has 2 aromatic carbocycles. The fraction of sp³-hybridized carbons (Fsp3) is 0.417. The zero-order chi connectivity index (χ0) is 21.6. The van der Waals surface area contributed by atoms with Gasteiger partial charge < -0.3 is 10.6 Å². The molecule has 1 aliphatic heterocycles. The van der Waals surface area contributed by atoms with E-state index in [-0.39, 0.29) is 23.4 Å². The van der Waals surface area contributed by atoms with Crippen molar-refractivity contribution in [3.05, 3.63) is 42.5 Å². The third kappa shape index (κ3) is 6.06. The van der Waals surface area contributed by atoms with Crippen LogP contribution in [0.25, 0.3) is 10.8 Å². The lowest BCUT2D eigenvalue weighted by Crippen LogP contribution is -2.44. The number of carbonyl (C=O) groups is 2. The van der Waals surface area contributed by atoms with E-state index in [1.165, 1.54) is 0 Å². The number of benzene rings is 2. The quantitative estimate of drug-likeness (QED) is 0.359. The first-order valence-electron chi connectivity index (χ1n) is 10.5. The van der Waals surface area contributed by atoms with Gasteiger partial charge in [-0.15, -0.1) is 12.3 Å². The minimum Gasteiger partial charge on any atom is -0.344 e. The van der Waals surface area contributed by atoms with Crippen LogP contribution in [0.3, 0.4) is 0 Å². The molecule has 0 spiro atoms. The summed E-state index contributed by atoms with van der Waals surface area (Å²) in [6.45, 7) is 4.07. The van der Waals surface area contributed by atoms with Gasteiger partial charge in [0.05, 0.1) is 5.66 Å². The summed E-state index contributed by atoms with van der Waals surface area (Å²) in [7, 11) is 0. The van der Waals surface area contributed by atoms with Crippen LogP contribution in [-0.2, 0) is 9.59 Å². The second kappa shape index (κ2) is 9.75. The van der Waals surface area contributed by atoms with E-state index < -0.39 is 6.04 Å². The maximum absolute atomic E-state index is 12.9. The average molecular weight is 407 g/mol. The van der Waals surface area contributed by atoms with Crippen molar-refractivity contribution in [1.29, 1.82) is 0 Å². The van der Waals surface area contributed by atoms with Crippen LogP contribution in [0.1, 0.15) is 46.0 Å². The van der Waals surface area contributed by atoms with Gasteiger partial charge in [-0.3, -0.25) is 9.59 Å². The summed E-state index contributed by atoms with van der Waals surface area (Å²) in [4.78, 5) is 25.4. The largest absolute Gasteiger partial charge is 0.344 e. The van der Waals surface area contributed by atoms with Crippen molar-refractivity contribution >= 4 is 28.3 Å². The zero-order valence-corrected chi connectivity index (χ0v) is 17.6. The fourth-order valence-corrected chi connectivity index (χ4v) is 3.54. The van der Waals surface area contributed by atoms with E-state index >= 15 is 0 Å². The van der Waals surface area contributed by atoms with E-state index in [2.05, 4.69) is 27.4 Å². The third-order valence-corrected chi connectivity index (χ3v) is 5.33. The number of amides is 2. The molecule has 1 aliphatic rings. The van der Waals surface area contributed by atoms with Crippen LogP contribution >= 0.6 is 0 Å². The average Bonchev–Trinajstić information content (AvgIpc) is 3.50. The third-order valence-electron chi connectivity index (χ3n) is 5.33. The Morgan fingerprint density at radius 2 is 1.83 bits per heavy atom. The van der Waals surface area contributed by atoms with Crippen LogP contribution in [-0.4, -0.2) is 23.5 Å². The number of hydrazine groups is 1. The Balaban J connectivity index is 1.59. The molecular weight excluding hydrogens is 376 g/mol. The maximum Gasteiger partial charge on any atom is 0.246 e. The number of hydrogen-bond donors (Lipinski definition) is 4. The Morgan fingerprint density at radius 3 is 2.50 bits per heavy atom. The summed E-state index contributed by atoms with van der Waals surface area (Å²) in [5.74, 6) is 2.56. The van der Waals surface area contributed by atoms with Gasteiger partial charge in [0.2, 0.25) is 11.8 Å². The van der Waals surface area contributed by atoms with Crippen molar-refractivity contribution in [2.45, 2.75) is 57.7 Å². The number of hydrogen-bond acceptors (Lipinski definition) is 4. The minimum atomic E-state index is -0.578. The molecule has 1 fully saturated rings. The Kier molecular flexibility index (Phi) is 7.09. The van der Waals surface area contributed by atoms with Gasteiger partial charge in [-0.05, 0) is 48.1 Å². The maximum atomic E-state index is 12.9. The first-order chi connectivity index (χ1) is 14.4. The predicted molar refractivity (Wildman–Crippen MR) is 120 cm³/mol. The van der Waals surface area contributed by atoms with Crippen LogP contribution in [0, 0.1) is 18.3 Å². The Morgan fingerprint density at radius 1 is 1.10 bits per heavy atom. The molecule has 3 rings (SSSR count). The molecule has 0 radical (unpaired) electrons. The van der Waals surface area contributed by atoms with Gasteiger partial charge >= 0.3 is 0 Å². The summed E-state index contributed by atoms with van der Waals surface area (Å²) in [6, 6.07) is 13.2. The number of rotatable bonds is 10.